The third kappa shape index (κ3) is 3.77. The number of nitrogens with one attached hydrogen (secondary N) is 1. The summed E-state index contributed by atoms with van der Waals surface area (Å²) in [6.07, 6.45) is 3.71. The van der Waals surface area contributed by atoms with E-state index in [1.807, 2.05) is 42.5 Å². The van der Waals surface area contributed by atoms with Gasteiger partial charge in [-0.15, -0.1) is 0 Å². The highest BCUT2D eigenvalue weighted by Gasteiger charge is 2.35. The minimum Gasteiger partial charge on any atom is -0.348 e. The zero-order valence-corrected chi connectivity index (χ0v) is 15.9. The lowest BCUT2D eigenvalue weighted by molar-refractivity contribution is 0.427. The standard InChI is InChI=1S/C18H17ClN2O2S2/c1-13-18(24)20-16-10-9-15(19)12-17(16)25(22,23)21(13)11-5-8-14-6-3-2-4-7-14/h2-10,12-13H,11H2,1H3,(H,20,24). The van der Waals surface area contributed by atoms with Gasteiger partial charge in [0.05, 0.1) is 16.7 Å². The summed E-state index contributed by atoms with van der Waals surface area (Å²) in [5.41, 5.74) is 1.46. The minimum absolute atomic E-state index is 0.139. The smallest absolute Gasteiger partial charge is 0.246 e. The maximum atomic E-state index is 13.1. The zero-order chi connectivity index (χ0) is 18.0. The Kier molecular flexibility index (Phi) is 5.24. The number of benzene rings is 2. The van der Waals surface area contributed by atoms with Crippen LogP contribution in [0.15, 0.2) is 59.5 Å². The highest BCUT2D eigenvalue weighted by Crippen LogP contribution is 2.32. The maximum absolute atomic E-state index is 13.1. The van der Waals surface area contributed by atoms with Crippen LogP contribution in [0.4, 0.5) is 5.69 Å². The fourth-order valence-corrected chi connectivity index (χ4v) is 4.90. The SMILES string of the molecule is CC1C(=S)Nc2ccc(Cl)cc2S(=O)(=O)N1CC=Cc1ccccc1. The molecule has 0 amide bonds. The molecule has 7 heteroatoms. The van der Waals surface area contributed by atoms with Gasteiger partial charge in [0, 0.05) is 11.6 Å². The van der Waals surface area contributed by atoms with Crippen molar-refractivity contribution in [2.45, 2.75) is 17.9 Å². The average Bonchev–Trinajstić information content (AvgIpc) is 2.65. The number of anilines is 1. The lowest BCUT2D eigenvalue weighted by Crippen LogP contribution is -2.42. The summed E-state index contributed by atoms with van der Waals surface area (Å²) in [5.74, 6) is 0. The second kappa shape index (κ2) is 7.25. The van der Waals surface area contributed by atoms with Gasteiger partial charge in [-0.1, -0.05) is 66.3 Å². The number of halogens is 1. The summed E-state index contributed by atoms with van der Waals surface area (Å²) >= 11 is 11.4. The molecule has 1 heterocycles. The molecule has 0 spiro atoms. The van der Waals surface area contributed by atoms with E-state index in [-0.39, 0.29) is 11.4 Å². The van der Waals surface area contributed by atoms with E-state index in [2.05, 4.69) is 5.32 Å². The first kappa shape index (κ1) is 18.1. The predicted molar refractivity (Wildman–Crippen MR) is 107 cm³/mol. The topological polar surface area (TPSA) is 49.4 Å². The first-order valence-electron chi connectivity index (χ1n) is 7.73. The van der Waals surface area contributed by atoms with E-state index in [0.29, 0.717) is 15.7 Å². The van der Waals surface area contributed by atoms with Crippen LogP contribution in [0, 0.1) is 0 Å². The van der Waals surface area contributed by atoms with Crippen molar-refractivity contribution < 1.29 is 8.42 Å². The normalized spacial score (nSPS) is 20.1. The Hall–Kier alpha value is -1.73. The molecule has 0 saturated carbocycles. The van der Waals surface area contributed by atoms with Gasteiger partial charge < -0.3 is 5.32 Å². The number of thiocarbonyl (C=S) groups is 1. The van der Waals surface area contributed by atoms with E-state index in [0.717, 1.165) is 5.56 Å². The van der Waals surface area contributed by atoms with E-state index >= 15 is 0 Å². The van der Waals surface area contributed by atoms with E-state index in [9.17, 15) is 8.42 Å². The highest BCUT2D eigenvalue weighted by atomic mass is 35.5. The van der Waals surface area contributed by atoms with E-state index < -0.39 is 16.1 Å². The second-order valence-electron chi connectivity index (χ2n) is 5.69. The molecular formula is C18H17ClN2O2S2. The maximum Gasteiger partial charge on any atom is 0.246 e. The Bertz CT molecular complexity index is 927. The number of rotatable bonds is 3. The molecule has 0 bridgehead atoms. The fraction of sp³-hybridized carbons (Fsp3) is 0.167. The summed E-state index contributed by atoms with van der Waals surface area (Å²) in [5, 5.41) is 3.39. The van der Waals surface area contributed by atoms with E-state index in [4.69, 9.17) is 23.8 Å². The van der Waals surface area contributed by atoms with Crippen molar-refractivity contribution in [1.29, 1.82) is 0 Å². The molecule has 0 saturated heterocycles. The molecule has 2 aromatic carbocycles. The van der Waals surface area contributed by atoms with Gasteiger partial charge in [-0.25, -0.2) is 8.42 Å². The predicted octanol–water partition coefficient (Wildman–Crippen LogP) is 4.19. The van der Waals surface area contributed by atoms with Gasteiger partial charge in [-0.3, -0.25) is 0 Å². The van der Waals surface area contributed by atoms with Crippen molar-refractivity contribution in [2.75, 3.05) is 11.9 Å². The largest absolute Gasteiger partial charge is 0.348 e. The molecule has 0 fully saturated rings. The molecular weight excluding hydrogens is 376 g/mol. The van der Waals surface area contributed by atoms with Crippen LogP contribution >= 0.6 is 23.8 Å². The highest BCUT2D eigenvalue weighted by molar-refractivity contribution is 7.89. The molecule has 130 valence electrons. The van der Waals surface area contributed by atoms with E-state index in [1.54, 1.807) is 19.1 Å². The van der Waals surface area contributed by atoms with Gasteiger partial charge in [-0.05, 0) is 30.7 Å². The Labute approximate surface area is 158 Å². The summed E-state index contributed by atoms with van der Waals surface area (Å²) in [7, 11) is -3.73. The van der Waals surface area contributed by atoms with Crippen molar-refractivity contribution in [3.8, 4) is 0 Å². The molecule has 0 radical (unpaired) electrons. The van der Waals surface area contributed by atoms with Crippen molar-refractivity contribution in [3.05, 3.63) is 65.2 Å². The Morgan fingerprint density at radius 1 is 1.24 bits per heavy atom. The van der Waals surface area contributed by atoms with Crippen LogP contribution in [-0.4, -0.2) is 30.3 Å². The molecule has 1 unspecified atom stereocenters. The molecule has 0 aliphatic carbocycles. The third-order valence-electron chi connectivity index (χ3n) is 3.99. The minimum atomic E-state index is -3.73. The Balaban J connectivity index is 1.96. The van der Waals surface area contributed by atoms with Crippen LogP contribution < -0.4 is 5.32 Å². The van der Waals surface area contributed by atoms with Gasteiger partial charge in [0.1, 0.15) is 4.90 Å². The van der Waals surface area contributed by atoms with Crippen LogP contribution in [0.1, 0.15) is 12.5 Å². The number of nitrogens with zero attached hydrogens (tertiary/aromatic N) is 1. The summed E-state index contributed by atoms with van der Waals surface area (Å²) in [4.78, 5) is 0.595. The van der Waals surface area contributed by atoms with Gasteiger partial charge >= 0.3 is 0 Å². The number of hydrogen-bond donors (Lipinski definition) is 1. The second-order valence-corrected chi connectivity index (χ2v) is 8.43. The van der Waals surface area contributed by atoms with Crippen molar-refractivity contribution >= 4 is 50.6 Å². The molecule has 1 atom stereocenters. The first-order valence-corrected chi connectivity index (χ1v) is 9.96. The number of fused-ring (bicyclic) bond motifs is 1. The molecule has 0 aromatic heterocycles. The van der Waals surface area contributed by atoms with Crippen molar-refractivity contribution in [1.82, 2.24) is 4.31 Å². The van der Waals surface area contributed by atoms with Gasteiger partial charge in [0.15, 0.2) is 0 Å². The molecule has 1 aliphatic heterocycles. The average molecular weight is 393 g/mol. The van der Waals surface area contributed by atoms with Crippen molar-refractivity contribution in [2.24, 2.45) is 0 Å². The number of hydrogen-bond acceptors (Lipinski definition) is 3. The summed E-state index contributed by atoms with van der Waals surface area (Å²) < 4.78 is 27.6. The molecule has 1 aliphatic rings. The first-order chi connectivity index (χ1) is 11.9. The van der Waals surface area contributed by atoms with Crippen LogP contribution in [-0.2, 0) is 10.0 Å². The lowest BCUT2D eigenvalue weighted by atomic mass is 10.2. The van der Waals surface area contributed by atoms with Crippen LogP contribution in [0.2, 0.25) is 5.02 Å². The molecule has 4 nitrogen and oxygen atoms in total. The van der Waals surface area contributed by atoms with E-state index in [1.165, 1.54) is 10.4 Å². The van der Waals surface area contributed by atoms with Crippen molar-refractivity contribution in [3.63, 3.8) is 0 Å². The van der Waals surface area contributed by atoms with Gasteiger partial charge in [0.2, 0.25) is 10.0 Å². The third-order valence-corrected chi connectivity index (χ3v) is 6.65. The molecule has 2 aromatic rings. The Morgan fingerprint density at radius 3 is 2.68 bits per heavy atom. The van der Waals surface area contributed by atoms with Crippen LogP contribution in [0.3, 0.4) is 0 Å². The Morgan fingerprint density at radius 2 is 1.96 bits per heavy atom. The fourth-order valence-electron chi connectivity index (χ4n) is 2.63. The van der Waals surface area contributed by atoms with Crippen LogP contribution in [0.5, 0.6) is 0 Å². The quantitative estimate of drug-likeness (QED) is 0.796. The van der Waals surface area contributed by atoms with Gasteiger partial charge in [0.25, 0.3) is 0 Å². The lowest BCUT2D eigenvalue weighted by Gasteiger charge is -2.24. The zero-order valence-electron chi connectivity index (χ0n) is 13.5. The van der Waals surface area contributed by atoms with Gasteiger partial charge in [-0.2, -0.15) is 4.31 Å². The number of sulfonamides is 1. The summed E-state index contributed by atoms with van der Waals surface area (Å²) in [6.45, 7) is 1.99. The monoisotopic (exact) mass is 392 g/mol. The summed E-state index contributed by atoms with van der Waals surface area (Å²) in [6, 6.07) is 14.0. The molecule has 3 rings (SSSR count). The molecule has 25 heavy (non-hydrogen) atoms. The van der Waals surface area contributed by atoms with Crippen LogP contribution in [0.25, 0.3) is 6.08 Å². The molecule has 1 N–H and O–H groups in total.